The monoisotopic (exact) mass is 440 g/mol. The number of halogens is 1. The molecule has 0 heterocycles. The van der Waals surface area contributed by atoms with Gasteiger partial charge >= 0.3 is 0 Å². The van der Waals surface area contributed by atoms with E-state index in [0.29, 0.717) is 33.7 Å². The molecule has 0 aliphatic heterocycles. The maximum atomic E-state index is 12.3. The van der Waals surface area contributed by atoms with Crippen molar-refractivity contribution in [1.82, 2.24) is 0 Å². The van der Waals surface area contributed by atoms with Crippen LogP contribution in [0.5, 0.6) is 23.0 Å². The molecule has 31 heavy (non-hydrogen) atoms. The van der Waals surface area contributed by atoms with E-state index in [0.717, 1.165) is 5.56 Å². The van der Waals surface area contributed by atoms with Gasteiger partial charge in [-0.3, -0.25) is 4.79 Å². The van der Waals surface area contributed by atoms with Crippen LogP contribution >= 0.6 is 11.6 Å². The highest BCUT2D eigenvalue weighted by atomic mass is 35.5. The number of methoxy groups -OCH3 is 2. The predicted molar refractivity (Wildman–Crippen MR) is 120 cm³/mol. The summed E-state index contributed by atoms with van der Waals surface area (Å²) in [4.78, 5) is 17.4. The first-order valence-corrected chi connectivity index (χ1v) is 9.66. The molecule has 160 valence electrons. The molecule has 3 aromatic rings. The summed E-state index contributed by atoms with van der Waals surface area (Å²) in [6, 6.07) is 19.5. The van der Waals surface area contributed by atoms with Crippen molar-refractivity contribution < 1.29 is 23.8 Å². The predicted octanol–water partition coefficient (Wildman–Crippen LogP) is 5.14. The average molecular weight is 441 g/mol. The third-order valence-corrected chi connectivity index (χ3v) is 4.30. The number of rotatable bonds is 9. The van der Waals surface area contributed by atoms with E-state index < -0.39 is 5.91 Å². The van der Waals surface area contributed by atoms with Gasteiger partial charge in [-0.1, -0.05) is 35.0 Å². The molecular weight excluding hydrogens is 420 g/mol. The number of oxime groups is 1. The van der Waals surface area contributed by atoms with Crippen molar-refractivity contribution >= 4 is 29.4 Å². The zero-order chi connectivity index (χ0) is 22.1. The summed E-state index contributed by atoms with van der Waals surface area (Å²) < 4.78 is 16.2. The number of benzene rings is 3. The zero-order valence-electron chi connectivity index (χ0n) is 17.0. The third kappa shape index (κ3) is 6.38. The lowest BCUT2D eigenvalue weighted by atomic mass is 10.2. The summed E-state index contributed by atoms with van der Waals surface area (Å²) >= 11 is 6.06. The summed E-state index contributed by atoms with van der Waals surface area (Å²) in [7, 11) is 3.11. The first-order valence-electron chi connectivity index (χ1n) is 9.28. The Labute approximate surface area is 185 Å². The summed E-state index contributed by atoms with van der Waals surface area (Å²) in [6.07, 6.45) is 1.47. The van der Waals surface area contributed by atoms with E-state index in [2.05, 4.69) is 10.5 Å². The van der Waals surface area contributed by atoms with Crippen molar-refractivity contribution in [2.24, 2.45) is 5.16 Å². The van der Waals surface area contributed by atoms with E-state index in [1.54, 1.807) is 50.6 Å². The van der Waals surface area contributed by atoms with Crippen LogP contribution in [-0.4, -0.2) is 32.9 Å². The maximum absolute atomic E-state index is 12.3. The van der Waals surface area contributed by atoms with E-state index >= 15 is 0 Å². The summed E-state index contributed by atoms with van der Waals surface area (Å²) in [5, 5.41) is 7.00. The fraction of sp³-hybridized carbons (Fsp3) is 0.130. The number of hydrogen-bond acceptors (Lipinski definition) is 6. The van der Waals surface area contributed by atoms with Gasteiger partial charge in [0, 0.05) is 10.6 Å². The first kappa shape index (κ1) is 22.0. The van der Waals surface area contributed by atoms with Crippen LogP contribution in [0, 0.1) is 0 Å². The molecule has 3 rings (SSSR count). The van der Waals surface area contributed by atoms with Crippen molar-refractivity contribution in [3.05, 3.63) is 77.3 Å². The summed E-state index contributed by atoms with van der Waals surface area (Å²) in [6.45, 7) is -0.291. The van der Waals surface area contributed by atoms with Crippen LogP contribution < -0.4 is 19.5 Å². The lowest BCUT2D eigenvalue weighted by molar-refractivity contribution is -0.120. The van der Waals surface area contributed by atoms with E-state index in [1.807, 2.05) is 30.3 Å². The van der Waals surface area contributed by atoms with Gasteiger partial charge in [-0.05, 0) is 48.5 Å². The zero-order valence-corrected chi connectivity index (χ0v) is 17.8. The topological polar surface area (TPSA) is 78.4 Å². The van der Waals surface area contributed by atoms with Gasteiger partial charge in [0.2, 0.25) is 0 Å². The third-order valence-electron chi connectivity index (χ3n) is 4.07. The average Bonchev–Trinajstić information content (AvgIpc) is 2.79. The van der Waals surface area contributed by atoms with Crippen LogP contribution in [0.2, 0.25) is 5.02 Å². The van der Waals surface area contributed by atoms with Crippen LogP contribution in [0.25, 0.3) is 0 Å². The number of para-hydroxylation sites is 1. The van der Waals surface area contributed by atoms with Gasteiger partial charge in [0.1, 0.15) is 5.75 Å². The molecule has 0 spiro atoms. The lowest BCUT2D eigenvalue weighted by Gasteiger charge is -2.12. The fourth-order valence-corrected chi connectivity index (χ4v) is 2.79. The number of nitrogens with one attached hydrogen (secondary N) is 1. The quantitative estimate of drug-likeness (QED) is 0.368. The maximum Gasteiger partial charge on any atom is 0.265 e. The molecule has 0 fully saturated rings. The number of nitrogens with zero attached hydrogens (tertiary/aromatic N) is 1. The fourth-order valence-electron chi connectivity index (χ4n) is 2.62. The van der Waals surface area contributed by atoms with Gasteiger partial charge in [0.25, 0.3) is 5.91 Å². The highest BCUT2D eigenvalue weighted by Crippen LogP contribution is 2.32. The minimum Gasteiger partial charge on any atom is -0.493 e. The molecular formula is C23H21ClN2O5. The molecule has 8 heteroatoms. The van der Waals surface area contributed by atoms with E-state index in [9.17, 15) is 4.79 Å². The molecule has 0 radical (unpaired) electrons. The Hall–Kier alpha value is -3.71. The number of anilines is 1. The van der Waals surface area contributed by atoms with Gasteiger partial charge in [-0.25, -0.2) is 0 Å². The molecule has 0 bridgehead atoms. The van der Waals surface area contributed by atoms with Gasteiger partial charge in [-0.15, -0.1) is 0 Å². The van der Waals surface area contributed by atoms with Gasteiger partial charge in [0.15, 0.2) is 23.9 Å². The SMILES string of the molecule is COc1ccc(/C=N/OCC(=O)Nc2cc(Cl)ccc2Oc2ccccc2)cc1OC. The Balaban J connectivity index is 1.58. The molecule has 0 saturated carbocycles. The Bertz CT molecular complexity index is 1060. The number of carbonyl (C=O) groups is 1. The van der Waals surface area contributed by atoms with Crippen LogP contribution in [0.15, 0.2) is 71.9 Å². The van der Waals surface area contributed by atoms with Crippen molar-refractivity contribution in [3.63, 3.8) is 0 Å². The molecule has 0 aliphatic carbocycles. The van der Waals surface area contributed by atoms with E-state index in [-0.39, 0.29) is 6.61 Å². The molecule has 7 nitrogen and oxygen atoms in total. The van der Waals surface area contributed by atoms with E-state index in [1.165, 1.54) is 6.21 Å². The van der Waals surface area contributed by atoms with Gasteiger partial charge in [-0.2, -0.15) is 0 Å². The summed E-state index contributed by atoms with van der Waals surface area (Å²) in [5.74, 6) is 1.85. The van der Waals surface area contributed by atoms with Crippen molar-refractivity contribution in [1.29, 1.82) is 0 Å². The molecule has 0 aliphatic rings. The van der Waals surface area contributed by atoms with Crippen LogP contribution in [-0.2, 0) is 9.63 Å². The number of hydrogen-bond donors (Lipinski definition) is 1. The normalized spacial score (nSPS) is 10.5. The Morgan fingerprint density at radius 1 is 0.968 bits per heavy atom. The molecule has 0 saturated heterocycles. The van der Waals surface area contributed by atoms with Gasteiger partial charge < -0.3 is 24.4 Å². The standard InChI is InChI=1S/C23H21ClN2O5/c1-28-21-10-8-16(12-22(21)29-2)14-25-30-15-23(27)26-19-13-17(24)9-11-20(19)31-18-6-4-3-5-7-18/h3-14H,15H2,1-2H3,(H,26,27)/b25-14+. The Kier molecular flexibility index (Phi) is 7.73. The summed E-state index contributed by atoms with van der Waals surface area (Å²) in [5.41, 5.74) is 1.15. The largest absolute Gasteiger partial charge is 0.493 e. The van der Waals surface area contributed by atoms with Crippen molar-refractivity contribution in [2.75, 3.05) is 26.1 Å². The number of amides is 1. The van der Waals surface area contributed by atoms with Crippen molar-refractivity contribution in [3.8, 4) is 23.0 Å². The smallest absolute Gasteiger partial charge is 0.265 e. The van der Waals surface area contributed by atoms with Gasteiger partial charge in [0.05, 0.1) is 26.1 Å². The molecule has 3 aromatic carbocycles. The minimum absolute atomic E-state index is 0.291. The minimum atomic E-state index is -0.412. The van der Waals surface area contributed by atoms with Crippen molar-refractivity contribution in [2.45, 2.75) is 0 Å². The second-order valence-electron chi connectivity index (χ2n) is 6.23. The lowest BCUT2D eigenvalue weighted by Crippen LogP contribution is -2.17. The van der Waals surface area contributed by atoms with E-state index in [4.69, 9.17) is 30.6 Å². The Morgan fingerprint density at radius 3 is 2.45 bits per heavy atom. The van der Waals surface area contributed by atoms with Crippen LogP contribution in [0.1, 0.15) is 5.56 Å². The molecule has 0 unspecified atom stereocenters. The highest BCUT2D eigenvalue weighted by molar-refractivity contribution is 6.31. The first-order chi connectivity index (χ1) is 15.1. The highest BCUT2D eigenvalue weighted by Gasteiger charge is 2.10. The van der Waals surface area contributed by atoms with Crippen LogP contribution in [0.3, 0.4) is 0 Å². The van der Waals surface area contributed by atoms with Crippen LogP contribution in [0.4, 0.5) is 5.69 Å². The molecule has 0 atom stereocenters. The molecule has 1 N–H and O–H groups in total. The second-order valence-corrected chi connectivity index (χ2v) is 6.66. The Morgan fingerprint density at radius 2 is 1.71 bits per heavy atom. The number of ether oxygens (including phenoxy) is 3. The molecule has 0 aromatic heterocycles. The molecule has 1 amide bonds. The second kappa shape index (κ2) is 10.9. The number of carbonyl (C=O) groups excluding carboxylic acids is 1.